The molecule has 0 bridgehead atoms. The molecule has 1 heterocycles. The number of ether oxygens (including phenoxy) is 3. The van der Waals surface area contributed by atoms with E-state index in [1.807, 2.05) is 11.0 Å². The standard InChI is InChI=1S/C31H51N3O5/c1-22(2)33(26-11-8-7-9-12-26)30(35)20-25-14-15-27(21-32-25)34(23(3)4)31(36)24-13-16-28(38-6)29(19-24)39-18-10-17-37-5/h13,16,19,22-23,25-27,32H,7-12,14-15,17-18,20-21H2,1-6H3. The number of benzene rings is 1. The van der Waals surface area contributed by atoms with Crippen LogP contribution in [0.4, 0.5) is 0 Å². The van der Waals surface area contributed by atoms with E-state index in [2.05, 4.69) is 37.9 Å². The second-order valence-electron chi connectivity index (χ2n) is 11.6. The van der Waals surface area contributed by atoms with Gasteiger partial charge in [-0.3, -0.25) is 9.59 Å². The minimum absolute atomic E-state index is 0.0148. The molecule has 2 amide bonds. The number of methoxy groups -OCH3 is 2. The summed E-state index contributed by atoms with van der Waals surface area (Å²) in [5.41, 5.74) is 0.587. The molecule has 0 aromatic heterocycles. The van der Waals surface area contributed by atoms with Gasteiger partial charge in [0.15, 0.2) is 11.5 Å². The largest absolute Gasteiger partial charge is 0.493 e. The third kappa shape index (κ3) is 8.58. The number of hydrogen-bond acceptors (Lipinski definition) is 6. The third-order valence-corrected chi connectivity index (χ3v) is 8.07. The number of carbonyl (C=O) groups is 2. The summed E-state index contributed by atoms with van der Waals surface area (Å²) in [6.07, 6.45) is 9.01. The molecule has 8 nitrogen and oxygen atoms in total. The van der Waals surface area contributed by atoms with Gasteiger partial charge in [-0.25, -0.2) is 0 Å². The minimum atomic E-state index is -0.0148. The summed E-state index contributed by atoms with van der Waals surface area (Å²) in [4.78, 5) is 31.2. The first kappa shape index (κ1) is 31.2. The van der Waals surface area contributed by atoms with E-state index in [1.165, 1.54) is 19.3 Å². The van der Waals surface area contributed by atoms with Gasteiger partial charge in [0.05, 0.1) is 13.7 Å². The number of piperidine rings is 1. The molecular formula is C31H51N3O5. The van der Waals surface area contributed by atoms with Crippen LogP contribution in [-0.4, -0.2) is 85.8 Å². The van der Waals surface area contributed by atoms with E-state index >= 15 is 0 Å². The molecule has 1 N–H and O–H groups in total. The zero-order chi connectivity index (χ0) is 28.4. The Balaban J connectivity index is 1.62. The fourth-order valence-electron chi connectivity index (χ4n) is 6.18. The molecule has 0 radical (unpaired) electrons. The van der Waals surface area contributed by atoms with Gasteiger partial charge in [0.25, 0.3) is 5.91 Å². The lowest BCUT2D eigenvalue weighted by atomic mass is 9.91. The van der Waals surface area contributed by atoms with Crippen molar-refractivity contribution >= 4 is 11.8 Å². The average molecular weight is 546 g/mol. The fourth-order valence-corrected chi connectivity index (χ4v) is 6.18. The van der Waals surface area contributed by atoms with Gasteiger partial charge >= 0.3 is 0 Å². The van der Waals surface area contributed by atoms with Crippen molar-refractivity contribution in [3.05, 3.63) is 23.8 Å². The maximum Gasteiger partial charge on any atom is 0.254 e. The van der Waals surface area contributed by atoms with E-state index in [9.17, 15) is 9.59 Å². The first-order chi connectivity index (χ1) is 18.8. The minimum Gasteiger partial charge on any atom is -0.493 e. The van der Waals surface area contributed by atoms with Crippen molar-refractivity contribution in [2.75, 3.05) is 34.0 Å². The van der Waals surface area contributed by atoms with E-state index in [4.69, 9.17) is 14.2 Å². The molecule has 1 aliphatic carbocycles. The molecule has 2 fully saturated rings. The lowest BCUT2D eigenvalue weighted by molar-refractivity contribution is -0.137. The maximum absolute atomic E-state index is 13.7. The highest BCUT2D eigenvalue weighted by Crippen LogP contribution is 2.30. The Morgan fingerprint density at radius 3 is 2.21 bits per heavy atom. The van der Waals surface area contributed by atoms with E-state index in [-0.39, 0.29) is 36.0 Å². The van der Waals surface area contributed by atoms with Crippen LogP contribution in [-0.2, 0) is 9.53 Å². The molecule has 1 saturated carbocycles. The number of nitrogens with one attached hydrogen (secondary N) is 1. The van der Waals surface area contributed by atoms with E-state index in [1.54, 1.807) is 26.4 Å². The second kappa shape index (κ2) is 15.5. The summed E-state index contributed by atoms with van der Waals surface area (Å²) in [7, 11) is 3.27. The summed E-state index contributed by atoms with van der Waals surface area (Å²) >= 11 is 0. The van der Waals surface area contributed by atoms with Crippen LogP contribution in [0.25, 0.3) is 0 Å². The van der Waals surface area contributed by atoms with Gasteiger partial charge in [-0.2, -0.15) is 0 Å². The number of nitrogens with zero attached hydrogens (tertiary/aromatic N) is 2. The molecule has 1 saturated heterocycles. The topological polar surface area (TPSA) is 80.3 Å². The van der Waals surface area contributed by atoms with Gasteiger partial charge in [0.2, 0.25) is 5.91 Å². The first-order valence-electron chi connectivity index (χ1n) is 14.9. The highest BCUT2D eigenvalue weighted by atomic mass is 16.5. The molecule has 220 valence electrons. The molecular weight excluding hydrogens is 494 g/mol. The van der Waals surface area contributed by atoms with E-state index in [0.29, 0.717) is 49.3 Å². The Morgan fingerprint density at radius 2 is 1.62 bits per heavy atom. The summed E-state index contributed by atoms with van der Waals surface area (Å²) in [6, 6.07) is 6.25. The van der Waals surface area contributed by atoms with Crippen LogP contribution < -0.4 is 14.8 Å². The highest BCUT2D eigenvalue weighted by molar-refractivity contribution is 5.95. The molecule has 8 heteroatoms. The van der Waals surface area contributed by atoms with Crippen LogP contribution >= 0.6 is 0 Å². The number of amides is 2. The van der Waals surface area contributed by atoms with Crippen LogP contribution in [0.1, 0.15) is 95.8 Å². The van der Waals surface area contributed by atoms with Crippen LogP contribution in [0.2, 0.25) is 0 Å². The molecule has 0 spiro atoms. The summed E-state index contributed by atoms with van der Waals surface area (Å²) in [5.74, 6) is 1.42. The number of carbonyl (C=O) groups excluding carboxylic acids is 2. The van der Waals surface area contributed by atoms with Crippen molar-refractivity contribution in [1.82, 2.24) is 15.1 Å². The Kier molecular flexibility index (Phi) is 12.4. The van der Waals surface area contributed by atoms with Gasteiger partial charge < -0.3 is 29.3 Å². The van der Waals surface area contributed by atoms with Crippen molar-refractivity contribution in [1.29, 1.82) is 0 Å². The highest BCUT2D eigenvalue weighted by Gasteiger charge is 2.34. The monoisotopic (exact) mass is 545 g/mol. The van der Waals surface area contributed by atoms with Crippen LogP contribution in [0.3, 0.4) is 0 Å². The predicted octanol–water partition coefficient (Wildman–Crippen LogP) is 5.04. The molecule has 2 unspecified atom stereocenters. The van der Waals surface area contributed by atoms with Crippen LogP contribution in [0.15, 0.2) is 18.2 Å². The third-order valence-electron chi connectivity index (χ3n) is 8.07. The smallest absolute Gasteiger partial charge is 0.254 e. The molecule has 2 atom stereocenters. The van der Waals surface area contributed by atoms with E-state index in [0.717, 1.165) is 32.1 Å². The Labute approximate surface area is 235 Å². The quantitative estimate of drug-likeness (QED) is 0.350. The Hall–Kier alpha value is -2.32. The van der Waals surface area contributed by atoms with E-state index < -0.39 is 0 Å². The fraction of sp³-hybridized carbons (Fsp3) is 0.742. The molecule has 39 heavy (non-hydrogen) atoms. The second-order valence-corrected chi connectivity index (χ2v) is 11.6. The van der Waals surface area contributed by atoms with Gasteiger partial charge in [0.1, 0.15) is 0 Å². The lowest BCUT2D eigenvalue weighted by Crippen LogP contribution is -2.55. The summed E-state index contributed by atoms with van der Waals surface area (Å²) < 4.78 is 16.5. The molecule has 2 aliphatic rings. The normalized spacial score (nSPS) is 20.2. The number of hydrogen-bond donors (Lipinski definition) is 1. The van der Waals surface area contributed by atoms with Crippen molar-refractivity contribution in [2.45, 2.75) is 116 Å². The van der Waals surface area contributed by atoms with Crippen molar-refractivity contribution in [3.63, 3.8) is 0 Å². The zero-order valence-electron chi connectivity index (χ0n) is 25.0. The van der Waals surface area contributed by atoms with Gasteiger partial charge in [-0.1, -0.05) is 19.3 Å². The molecule has 1 aromatic rings. The average Bonchev–Trinajstić information content (AvgIpc) is 2.92. The first-order valence-corrected chi connectivity index (χ1v) is 14.9. The molecule has 1 aliphatic heterocycles. The maximum atomic E-state index is 13.7. The van der Waals surface area contributed by atoms with Gasteiger partial charge in [-0.05, 0) is 71.6 Å². The van der Waals surface area contributed by atoms with Crippen molar-refractivity contribution in [3.8, 4) is 11.5 Å². The predicted molar refractivity (Wildman–Crippen MR) is 155 cm³/mol. The SMILES string of the molecule is COCCCOc1cc(C(=O)N(C(C)C)C2CCC(CC(=O)N(C(C)C)C3CCCCC3)NC2)ccc1OC. The van der Waals surface area contributed by atoms with Crippen molar-refractivity contribution in [2.24, 2.45) is 0 Å². The van der Waals surface area contributed by atoms with Crippen LogP contribution in [0, 0.1) is 0 Å². The molecule has 3 rings (SSSR count). The van der Waals surface area contributed by atoms with Crippen LogP contribution in [0.5, 0.6) is 11.5 Å². The Morgan fingerprint density at radius 1 is 0.897 bits per heavy atom. The number of rotatable bonds is 13. The summed E-state index contributed by atoms with van der Waals surface area (Å²) in [6.45, 7) is 10.2. The Bertz CT molecular complexity index is 907. The van der Waals surface area contributed by atoms with Crippen molar-refractivity contribution < 1.29 is 23.8 Å². The zero-order valence-corrected chi connectivity index (χ0v) is 25.0. The molecule has 1 aromatic carbocycles. The van der Waals surface area contributed by atoms with Gasteiger partial charge in [0, 0.05) is 68.9 Å². The van der Waals surface area contributed by atoms with Gasteiger partial charge in [-0.15, -0.1) is 0 Å². The summed E-state index contributed by atoms with van der Waals surface area (Å²) in [5, 5.41) is 3.61. The lowest BCUT2D eigenvalue weighted by Gasteiger charge is -2.41.